The zero-order chi connectivity index (χ0) is 14.7. The van der Waals surface area contributed by atoms with Crippen LogP contribution in [0, 0.1) is 0 Å². The second-order valence-electron chi connectivity index (χ2n) is 5.73. The maximum atomic E-state index is 11.4. The van der Waals surface area contributed by atoms with Gasteiger partial charge in [-0.15, -0.1) is 0 Å². The summed E-state index contributed by atoms with van der Waals surface area (Å²) in [7, 11) is 3.84. The van der Waals surface area contributed by atoms with Crippen LogP contribution in [0.2, 0.25) is 0 Å². The first-order chi connectivity index (χ1) is 8.87. The van der Waals surface area contributed by atoms with E-state index in [1.807, 2.05) is 14.1 Å². The van der Waals surface area contributed by atoms with Crippen LogP contribution in [0.3, 0.4) is 0 Å². The third-order valence-corrected chi connectivity index (χ3v) is 3.08. The van der Waals surface area contributed by atoms with Gasteiger partial charge >= 0.3 is 5.97 Å². The fourth-order valence-corrected chi connectivity index (χ4v) is 1.94. The van der Waals surface area contributed by atoms with Crippen LogP contribution >= 0.6 is 0 Å². The minimum Gasteiger partial charge on any atom is -0.477 e. The van der Waals surface area contributed by atoms with Gasteiger partial charge in [-0.3, -0.25) is 4.79 Å². The number of carboxylic acid groups (broad SMARTS) is 1. The van der Waals surface area contributed by atoms with Gasteiger partial charge in [0.25, 0.3) is 0 Å². The van der Waals surface area contributed by atoms with Crippen molar-refractivity contribution in [1.82, 2.24) is 5.32 Å². The summed E-state index contributed by atoms with van der Waals surface area (Å²) in [5, 5.41) is 11.7. The minimum absolute atomic E-state index is 0.132. The molecule has 0 radical (unpaired) electrons. The van der Waals surface area contributed by atoms with Crippen LogP contribution in [-0.4, -0.2) is 55.2 Å². The highest BCUT2D eigenvalue weighted by molar-refractivity contribution is 5.75. The Balaban J connectivity index is 3.54. The number of rotatable bonds is 11. The number of amides is 1. The fraction of sp³-hybridized carbons (Fsp3) is 0.857. The number of nitrogens with one attached hydrogen (secondary N) is 1. The largest absolute Gasteiger partial charge is 0.477 e. The molecule has 0 rings (SSSR count). The molecule has 0 bridgehead atoms. The molecule has 1 amide bonds. The van der Waals surface area contributed by atoms with Crippen LogP contribution in [0.25, 0.3) is 0 Å². The maximum Gasteiger partial charge on any atom is 0.359 e. The highest BCUT2D eigenvalue weighted by atomic mass is 16.4. The number of aliphatic carboxylic acids is 1. The molecule has 0 aromatic heterocycles. The number of hydrogen-bond donors (Lipinski definition) is 2. The quantitative estimate of drug-likeness (QED) is 0.444. The van der Waals surface area contributed by atoms with E-state index in [4.69, 9.17) is 5.11 Å². The number of carbonyl (C=O) groups is 2. The number of carbonyl (C=O) groups excluding carboxylic acids is 1. The molecular weight excluding hydrogens is 244 g/mol. The first kappa shape index (κ1) is 17.9. The Morgan fingerprint density at radius 3 is 2.37 bits per heavy atom. The molecular formula is C14H29N2O3+. The zero-order valence-corrected chi connectivity index (χ0v) is 12.6. The molecule has 0 aromatic carbocycles. The summed E-state index contributed by atoms with van der Waals surface area (Å²) in [4.78, 5) is 22.1. The van der Waals surface area contributed by atoms with Gasteiger partial charge in [0, 0.05) is 13.0 Å². The third-order valence-electron chi connectivity index (χ3n) is 3.08. The molecule has 0 aliphatic heterocycles. The molecule has 0 fully saturated rings. The number of hydrogen-bond acceptors (Lipinski definition) is 2. The summed E-state index contributed by atoms with van der Waals surface area (Å²) < 4.78 is 0.498. The average Bonchev–Trinajstić information content (AvgIpc) is 2.27. The van der Waals surface area contributed by atoms with E-state index in [1.54, 1.807) is 0 Å². The van der Waals surface area contributed by atoms with Crippen molar-refractivity contribution < 1.29 is 19.2 Å². The van der Waals surface area contributed by atoms with E-state index in [9.17, 15) is 9.59 Å². The van der Waals surface area contributed by atoms with Gasteiger partial charge in [0.15, 0.2) is 6.54 Å². The normalized spacial score (nSPS) is 11.3. The van der Waals surface area contributed by atoms with Crippen molar-refractivity contribution in [3.8, 4) is 0 Å². The highest BCUT2D eigenvalue weighted by Crippen LogP contribution is 2.05. The molecule has 5 nitrogen and oxygen atoms in total. The van der Waals surface area contributed by atoms with Gasteiger partial charge in [-0.05, 0) is 25.7 Å². The topological polar surface area (TPSA) is 66.4 Å². The summed E-state index contributed by atoms with van der Waals surface area (Å²) in [6, 6.07) is 0. The summed E-state index contributed by atoms with van der Waals surface area (Å²) in [5.74, 6) is -0.631. The predicted molar refractivity (Wildman–Crippen MR) is 75.9 cm³/mol. The first-order valence-corrected chi connectivity index (χ1v) is 7.18. The van der Waals surface area contributed by atoms with Gasteiger partial charge in [0.2, 0.25) is 5.91 Å². The molecule has 0 saturated carbocycles. The maximum absolute atomic E-state index is 11.4. The van der Waals surface area contributed by atoms with Crippen molar-refractivity contribution in [2.75, 3.05) is 33.7 Å². The highest BCUT2D eigenvalue weighted by Gasteiger charge is 2.18. The lowest BCUT2D eigenvalue weighted by molar-refractivity contribution is -0.883. The van der Waals surface area contributed by atoms with Crippen molar-refractivity contribution in [2.24, 2.45) is 0 Å². The molecule has 0 aliphatic carbocycles. The Morgan fingerprint density at radius 2 is 1.79 bits per heavy atom. The Bertz CT molecular complexity index is 278. The summed E-state index contributed by atoms with van der Waals surface area (Å²) >= 11 is 0. The molecule has 0 aromatic rings. The van der Waals surface area contributed by atoms with E-state index in [0.717, 1.165) is 45.2 Å². The lowest BCUT2D eigenvalue weighted by Gasteiger charge is -2.27. The van der Waals surface area contributed by atoms with E-state index in [-0.39, 0.29) is 12.5 Å². The van der Waals surface area contributed by atoms with Crippen LogP contribution in [0.15, 0.2) is 0 Å². The average molecular weight is 273 g/mol. The van der Waals surface area contributed by atoms with E-state index in [1.165, 1.54) is 0 Å². The molecule has 112 valence electrons. The van der Waals surface area contributed by atoms with Gasteiger partial charge < -0.3 is 14.9 Å². The van der Waals surface area contributed by atoms with Crippen molar-refractivity contribution in [2.45, 2.75) is 45.4 Å². The van der Waals surface area contributed by atoms with Crippen molar-refractivity contribution in [3.05, 3.63) is 0 Å². The van der Waals surface area contributed by atoms with E-state index >= 15 is 0 Å². The Labute approximate surface area is 116 Å². The van der Waals surface area contributed by atoms with Gasteiger partial charge in [0.1, 0.15) is 0 Å². The monoisotopic (exact) mass is 273 g/mol. The first-order valence-electron chi connectivity index (χ1n) is 7.18. The Kier molecular flexibility index (Phi) is 9.21. The third kappa shape index (κ3) is 11.7. The van der Waals surface area contributed by atoms with Crippen molar-refractivity contribution in [1.29, 1.82) is 0 Å². The van der Waals surface area contributed by atoms with Crippen molar-refractivity contribution >= 4 is 11.9 Å². The Morgan fingerprint density at radius 1 is 1.11 bits per heavy atom. The number of quaternary nitrogens is 1. The second-order valence-corrected chi connectivity index (χ2v) is 5.73. The smallest absolute Gasteiger partial charge is 0.359 e. The lowest BCUT2D eigenvalue weighted by atomic mass is 10.1. The number of nitrogens with zero attached hydrogens (tertiary/aromatic N) is 1. The number of unbranched alkanes of at least 4 members (excludes halogenated alkanes) is 3. The molecule has 5 heteroatoms. The van der Waals surface area contributed by atoms with Crippen LogP contribution in [0.1, 0.15) is 45.4 Å². The molecule has 0 unspecified atom stereocenters. The van der Waals surface area contributed by atoms with Gasteiger partial charge in [-0.2, -0.15) is 0 Å². The zero-order valence-electron chi connectivity index (χ0n) is 12.6. The Hall–Kier alpha value is -1.10. The summed E-state index contributed by atoms with van der Waals surface area (Å²) in [6.07, 6.45) is 5.52. The molecule has 0 spiro atoms. The van der Waals surface area contributed by atoms with E-state index in [0.29, 0.717) is 10.9 Å². The number of carboxylic acids is 1. The molecule has 0 saturated heterocycles. The molecule has 2 N–H and O–H groups in total. The summed E-state index contributed by atoms with van der Waals surface area (Å²) in [6.45, 7) is 3.86. The van der Waals surface area contributed by atoms with Crippen LogP contribution in [-0.2, 0) is 9.59 Å². The molecule has 0 heterocycles. The standard InChI is InChI=1S/C14H28N2O3/c1-4-5-10-15-13(17)9-7-6-8-11-16(2,3)12-14(18)19/h4-12H2,1-3H3,(H-,15,17,18,19)/p+1. The van der Waals surface area contributed by atoms with Crippen LogP contribution in [0.4, 0.5) is 0 Å². The van der Waals surface area contributed by atoms with Crippen LogP contribution in [0.5, 0.6) is 0 Å². The molecule has 0 aliphatic rings. The summed E-state index contributed by atoms with van der Waals surface area (Å²) in [5.41, 5.74) is 0. The van der Waals surface area contributed by atoms with Gasteiger partial charge in [-0.25, -0.2) is 4.79 Å². The molecule has 19 heavy (non-hydrogen) atoms. The lowest BCUT2D eigenvalue weighted by Crippen LogP contribution is -2.44. The second kappa shape index (κ2) is 9.78. The number of likely N-dealkylation sites (N-methyl/N-ethyl adjacent to an activating group) is 1. The van der Waals surface area contributed by atoms with Gasteiger partial charge in [0.05, 0.1) is 20.6 Å². The van der Waals surface area contributed by atoms with E-state index in [2.05, 4.69) is 12.2 Å². The fourth-order valence-electron chi connectivity index (χ4n) is 1.94. The van der Waals surface area contributed by atoms with E-state index < -0.39 is 5.97 Å². The SMILES string of the molecule is CCCCNC(=O)CCCCC[N+](C)(C)CC(=O)O. The van der Waals surface area contributed by atoms with Crippen LogP contribution < -0.4 is 5.32 Å². The molecule has 0 atom stereocenters. The minimum atomic E-state index is -0.764. The van der Waals surface area contributed by atoms with Crippen molar-refractivity contribution in [3.63, 3.8) is 0 Å². The van der Waals surface area contributed by atoms with Gasteiger partial charge in [-0.1, -0.05) is 13.3 Å². The predicted octanol–water partition coefficient (Wildman–Crippen LogP) is 1.62.